The quantitative estimate of drug-likeness (QED) is 0.888. The number of rotatable bonds is 6. The van der Waals surface area contributed by atoms with Gasteiger partial charge in [-0.3, -0.25) is 4.79 Å². The molecule has 0 atom stereocenters. The van der Waals surface area contributed by atoms with Crippen LogP contribution in [0.25, 0.3) is 0 Å². The summed E-state index contributed by atoms with van der Waals surface area (Å²) in [5.74, 6) is 1.25. The molecule has 0 radical (unpaired) electrons. The van der Waals surface area contributed by atoms with Gasteiger partial charge in [-0.05, 0) is 49.2 Å². The number of nitrogens with one attached hydrogen (secondary N) is 1. The van der Waals surface area contributed by atoms with Crippen molar-refractivity contribution < 1.29 is 19.0 Å². The Kier molecular flexibility index (Phi) is 5.46. The van der Waals surface area contributed by atoms with Crippen molar-refractivity contribution in [2.75, 3.05) is 26.1 Å². The average molecular weight is 315 g/mol. The second kappa shape index (κ2) is 7.54. The standard InChI is InChI=1S/C18H21NO4/c1-12-8-13(2)10-14(9-12)19-17(20)11-23-16-7-5-6-15(21-3)18(16)22-4/h5-10H,11H2,1-4H3,(H,19,20). The molecule has 5 heteroatoms. The molecular formula is C18H21NO4. The largest absolute Gasteiger partial charge is 0.493 e. The van der Waals surface area contributed by atoms with Crippen molar-refractivity contribution in [2.45, 2.75) is 13.8 Å². The summed E-state index contributed by atoms with van der Waals surface area (Å²) in [6, 6.07) is 11.1. The summed E-state index contributed by atoms with van der Waals surface area (Å²) >= 11 is 0. The topological polar surface area (TPSA) is 56.8 Å². The van der Waals surface area contributed by atoms with Gasteiger partial charge in [-0.15, -0.1) is 0 Å². The highest BCUT2D eigenvalue weighted by Gasteiger charge is 2.12. The lowest BCUT2D eigenvalue weighted by Gasteiger charge is -2.13. The zero-order valence-corrected chi connectivity index (χ0v) is 13.8. The Bertz CT molecular complexity index is 677. The molecule has 1 N–H and O–H groups in total. The number of amides is 1. The molecule has 0 heterocycles. The minimum atomic E-state index is -0.236. The van der Waals surface area contributed by atoms with Gasteiger partial charge in [0.25, 0.3) is 5.91 Å². The number of carbonyl (C=O) groups is 1. The molecular weight excluding hydrogens is 294 g/mol. The number of aryl methyl sites for hydroxylation is 2. The Labute approximate surface area is 136 Å². The first-order chi connectivity index (χ1) is 11.0. The number of anilines is 1. The zero-order chi connectivity index (χ0) is 16.8. The van der Waals surface area contributed by atoms with Crippen LogP contribution in [0.15, 0.2) is 36.4 Å². The molecule has 0 bridgehead atoms. The maximum Gasteiger partial charge on any atom is 0.262 e. The second-order valence-corrected chi connectivity index (χ2v) is 5.20. The lowest BCUT2D eigenvalue weighted by Crippen LogP contribution is -2.20. The summed E-state index contributed by atoms with van der Waals surface area (Å²) < 4.78 is 16.0. The number of para-hydroxylation sites is 1. The molecule has 0 aliphatic heterocycles. The molecule has 0 saturated carbocycles. The smallest absolute Gasteiger partial charge is 0.262 e. The van der Waals surface area contributed by atoms with Crippen molar-refractivity contribution in [3.63, 3.8) is 0 Å². The third-order valence-electron chi connectivity index (χ3n) is 3.23. The molecule has 2 aromatic carbocycles. The molecule has 2 aromatic rings. The third-order valence-corrected chi connectivity index (χ3v) is 3.23. The second-order valence-electron chi connectivity index (χ2n) is 5.20. The van der Waals surface area contributed by atoms with E-state index < -0.39 is 0 Å². The van der Waals surface area contributed by atoms with Crippen molar-refractivity contribution in [2.24, 2.45) is 0 Å². The Balaban J connectivity index is 2.02. The summed E-state index contributed by atoms with van der Waals surface area (Å²) in [7, 11) is 3.08. The highest BCUT2D eigenvalue weighted by atomic mass is 16.5. The predicted octanol–water partition coefficient (Wildman–Crippen LogP) is 3.34. The summed E-state index contributed by atoms with van der Waals surface area (Å²) in [6.07, 6.45) is 0. The monoisotopic (exact) mass is 315 g/mol. The minimum Gasteiger partial charge on any atom is -0.493 e. The molecule has 0 aromatic heterocycles. The lowest BCUT2D eigenvalue weighted by molar-refractivity contribution is -0.118. The van der Waals surface area contributed by atoms with E-state index in [1.165, 1.54) is 7.11 Å². The molecule has 0 spiro atoms. The molecule has 122 valence electrons. The van der Waals surface area contributed by atoms with Crippen LogP contribution in [0, 0.1) is 13.8 Å². The fourth-order valence-electron chi connectivity index (χ4n) is 2.36. The van der Waals surface area contributed by atoms with Gasteiger partial charge in [-0.25, -0.2) is 0 Å². The Hall–Kier alpha value is -2.69. The van der Waals surface area contributed by atoms with E-state index in [2.05, 4.69) is 5.32 Å². The van der Waals surface area contributed by atoms with Gasteiger partial charge >= 0.3 is 0 Å². The van der Waals surface area contributed by atoms with Crippen molar-refractivity contribution in [1.82, 2.24) is 0 Å². The Morgan fingerprint density at radius 2 is 1.65 bits per heavy atom. The van der Waals surface area contributed by atoms with Gasteiger partial charge in [0.2, 0.25) is 5.75 Å². The summed E-state index contributed by atoms with van der Waals surface area (Å²) in [6.45, 7) is 3.86. The van der Waals surface area contributed by atoms with E-state index in [1.54, 1.807) is 25.3 Å². The van der Waals surface area contributed by atoms with Crippen molar-refractivity contribution in [3.05, 3.63) is 47.5 Å². The third kappa shape index (κ3) is 4.39. The van der Waals surface area contributed by atoms with Crippen LogP contribution in [0.1, 0.15) is 11.1 Å². The molecule has 23 heavy (non-hydrogen) atoms. The highest BCUT2D eigenvalue weighted by Crippen LogP contribution is 2.36. The van der Waals surface area contributed by atoms with Gasteiger partial charge in [-0.1, -0.05) is 12.1 Å². The van der Waals surface area contributed by atoms with E-state index >= 15 is 0 Å². The number of ether oxygens (including phenoxy) is 3. The van der Waals surface area contributed by atoms with Crippen molar-refractivity contribution >= 4 is 11.6 Å². The maximum absolute atomic E-state index is 12.1. The van der Waals surface area contributed by atoms with Crippen LogP contribution in [-0.2, 0) is 4.79 Å². The van der Waals surface area contributed by atoms with Gasteiger partial charge in [0.1, 0.15) is 0 Å². The minimum absolute atomic E-state index is 0.115. The van der Waals surface area contributed by atoms with Gasteiger partial charge in [0.15, 0.2) is 18.1 Å². The molecule has 0 unspecified atom stereocenters. The SMILES string of the molecule is COc1cccc(OCC(=O)Nc2cc(C)cc(C)c2)c1OC. The zero-order valence-electron chi connectivity index (χ0n) is 13.8. The van der Waals surface area contributed by atoms with Crippen LogP contribution in [-0.4, -0.2) is 26.7 Å². The van der Waals surface area contributed by atoms with E-state index in [0.29, 0.717) is 17.2 Å². The van der Waals surface area contributed by atoms with E-state index in [4.69, 9.17) is 14.2 Å². The molecule has 0 aliphatic rings. The van der Waals surface area contributed by atoms with Gasteiger partial charge in [-0.2, -0.15) is 0 Å². The first-order valence-electron chi connectivity index (χ1n) is 7.25. The van der Waals surface area contributed by atoms with Gasteiger partial charge < -0.3 is 19.5 Å². The summed E-state index contributed by atoms with van der Waals surface area (Å²) in [5, 5.41) is 2.82. The van der Waals surface area contributed by atoms with E-state index in [1.807, 2.05) is 32.0 Å². The molecule has 1 amide bonds. The first-order valence-corrected chi connectivity index (χ1v) is 7.25. The number of benzene rings is 2. The predicted molar refractivity (Wildman–Crippen MR) is 89.6 cm³/mol. The van der Waals surface area contributed by atoms with E-state index in [0.717, 1.165) is 16.8 Å². The first kappa shape index (κ1) is 16.7. The van der Waals surface area contributed by atoms with Crippen LogP contribution < -0.4 is 19.5 Å². The molecule has 2 rings (SSSR count). The van der Waals surface area contributed by atoms with Crippen LogP contribution in [0.4, 0.5) is 5.69 Å². The van der Waals surface area contributed by atoms with Gasteiger partial charge in [0, 0.05) is 5.69 Å². The van der Waals surface area contributed by atoms with E-state index in [9.17, 15) is 4.79 Å². The number of carbonyl (C=O) groups excluding carboxylic acids is 1. The van der Waals surface area contributed by atoms with Crippen LogP contribution >= 0.6 is 0 Å². The molecule has 5 nitrogen and oxygen atoms in total. The van der Waals surface area contributed by atoms with Crippen molar-refractivity contribution in [1.29, 1.82) is 0 Å². The lowest BCUT2D eigenvalue weighted by atomic mass is 10.1. The summed E-state index contributed by atoms with van der Waals surface area (Å²) in [4.78, 5) is 12.1. The molecule has 0 aliphatic carbocycles. The fourth-order valence-corrected chi connectivity index (χ4v) is 2.36. The van der Waals surface area contributed by atoms with Gasteiger partial charge in [0.05, 0.1) is 14.2 Å². The average Bonchev–Trinajstić information content (AvgIpc) is 2.51. The summed E-state index contributed by atoms with van der Waals surface area (Å²) in [5.41, 5.74) is 2.94. The number of hydrogen-bond acceptors (Lipinski definition) is 4. The number of methoxy groups -OCH3 is 2. The molecule has 0 fully saturated rings. The number of hydrogen-bond donors (Lipinski definition) is 1. The normalized spacial score (nSPS) is 10.1. The van der Waals surface area contributed by atoms with Crippen LogP contribution in [0.3, 0.4) is 0 Å². The Morgan fingerprint density at radius 1 is 1.00 bits per heavy atom. The fraction of sp³-hybridized carbons (Fsp3) is 0.278. The van der Waals surface area contributed by atoms with E-state index in [-0.39, 0.29) is 12.5 Å². The van der Waals surface area contributed by atoms with Crippen LogP contribution in [0.2, 0.25) is 0 Å². The van der Waals surface area contributed by atoms with Crippen molar-refractivity contribution in [3.8, 4) is 17.2 Å². The highest BCUT2D eigenvalue weighted by molar-refractivity contribution is 5.92. The maximum atomic E-state index is 12.1. The Morgan fingerprint density at radius 3 is 2.26 bits per heavy atom. The molecule has 0 saturated heterocycles. The van der Waals surface area contributed by atoms with Crippen LogP contribution in [0.5, 0.6) is 17.2 Å².